The van der Waals surface area contributed by atoms with Gasteiger partial charge in [0.2, 0.25) is 5.91 Å². The maximum absolute atomic E-state index is 13.8. The predicted molar refractivity (Wildman–Crippen MR) is 126 cm³/mol. The van der Waals surface area contributed by atoms with Gasteiger partial charge in [0, 0.05) is 19.1 Å². The van der Waals surface area contributed by atoms with Crippen LogP contribution in [0.5, 0.6) is 0 Å². The Morgan fingerprint density at radius 1 is 1.24 bits per heavy atom. The Balaban J connectivity index is 2.08. The highest BCUT2D eigenvalue weighted by molar-refractivity contribution is 8.00. The third-order valence-electron chi connectivity index (χ3n) is 6.05. The highest BCUT2D eigenvalue weighted by Crippen LogP contribution is 2.40. The lowest BCUT2D eigenvalue weighted by Crippen LogP contribution is -2.42. The first-order chi connectivity index (χ1) is 16.2. The van der Waals surface area contributed by atoms with Gasteiger partial charge in [-0.2, -0.15) is 10.5 Å². The molecule has 3 rings (SSSR count). The Kier molecular flexibility index (Phi) is 8.08. The van der Waals surface area contributed by atoms with Crippen molar-refractivity contribution < 1.29 is 13.6 Å². The molecule has 10 heteroatoms. The van der Waals surface area contributed by atoms with Crippen molar-refractivity contribution in [2.45, 2.75) is 42.5 Å². The van der Waals surface area contributed by atoms with Gasteiger partial charge >= 0.3 is 0 Å². The van der Waals surface area contributed by atoms with Crippen LogP contribution in [0.3, 0.4) is 0 Å². The van der Waals surface area contributed by atoms with Gasteiger partial charge in [-0.3, -0.25) is 4.79 Å². The van der Waals surface area contributed by atoms with Crippen molar-refractivity contribution in [2.24, 2.45) is 5.73 Å². The second kappa shape index (κ2) is 10.8. The van der Waals surface area contributed by atoms with Crippen LogP contribution in [0.15, 0.2) is 23.2 Å². The molecule has 1 amide bonds. The topological polar surface area (TPSA) is 110 Å². The van der Waals surface area contributed by atoms with Gasteiger partial charge in [0.15, 0.2) is 11.6 Å². The fourth-order valence-electron chi connectivity index (χ4n) is 4.17. The molecule has 1 fully saturated rings. The van der Waals surface area contributed by atoms with E-state index in [-0.39, 0.29) is 16.2 Å². The summed E-state index contributed by atoms with van der Waals surface area (Å²) in [6, 6.07) is 7.87. The molecule has 0 radical (unpaired) electrons. The quantitative estimate of drug-likeness (QED) is 0.599. The molecule has 0 spiro atoms. The summed E-state index contributed by atoms with van der Waals surface area (Å²) in [4.78, 5) is 21.1. The number of primary amides is 1. The number of nitrogens with two attached hydrogens (primary N) is 1. The summed E-state index contributed by atoms with van der Waals surface area (Å²) in [6.07, 6.45) is 2.19. The van der Waals surface area contributed by atoms with Crippen LogP contribution < -0.4 is 10.6 Å². The number of carbonyl (C=O) groups excluding carboxylic acids is 1. The molecule has 1 aliphatic rings. The van der Waals surface area contributed by atoms with Crippen LogP contribution >= 0.6 is 11.8 Å². The van der Waals surface area contributed by atoms with Crippen molar-refractivity contribution in [3.63, 3.8) is 0 Å². The van der Waals surface area contributed by atoms with Crippen LogP contribution in [0, 0.1) is 34.3 Å². The van der Waals surface area contributed by atoms with Crippen LogP contribution in [0.25, 0.3) is 0 Å². The lowest BCUT2D eigenvalue weighted by Gasteiger charge is -2.36. The molecule has 2 heterocycles. The normalized spacial score (nSPS) is 15.1. The molecule has 7 nitrogen and oxygen atoms in total. The van der Waals surface area contributed by atoms with E-state index in [9.17, 15) is 24.1 Å². The van der Waals surface area contributed by atoms with Crippen LogP contribution in [0.1, 0.15) is 47.3 Å². The van der Waals surface area contributed by atoms with E-state index >= 15 is 0 Å². The van der Waals surface area contributed by atoms with E-state index in [0.717, 1.165) is 36.7 Å². The second-order valence-corrected chi connectivity index (χ2v) is 9.40. The Morgan fingerprint density at radius 3 is 2.38 bits per heavy atom. The summed E-state index contributed by atoms with van der Waals surface area (Å²) in [5.41, 5.74) is 6.83. The van der Waals surface area contributed by atoms with E-state index in [0.29, 0.717) is 42.5 Å². The molecular formula is C24H26F2N6OS. The monoisotopic (exact) mass is 484 g/mol. The molecule has 34 heavy (non-hydrogen) atoms. The third-order valence-corrected chi connectivity index (χ3v) is 7.31. The van der Waals surface area contributed by atoms with Crippen molar-refractivity contribution >= 4 is 23.5 Å². The fourth-order valence-corrected chi connectivity index (χ4v) is 5.22. The number of anilines is 1. The van der Waals surface area contributed by atoms with E-state index in [2.05, 4.69) is 22.0 Å². The van der Waals surface area contributed by atoms with Crippen LogP contribution in [-0.2, 0) is 11.2 Å². The number of nitrogens with zero attached hydrogens (tertiary/aromatic N) is 5. The minimum absolute atomic E-state index is 0.165. The highest BCUT2D eigenvalue weighted by Gasteiger charge is 2.29. The average molecular weight is 485 g/mol. The van der Waals surface area contributed by atoms with Crippen molar-refractivity contribution in [1.29, 1.82) is 10.5 Å². The minimum Gasteiger partial charge on any atom is -0.368 e. The van der Waals surface area contributed by atoms with E-state index in [4.69, 9.17) is 5.73 Å². The van der Waals surface area contributed by atoms with Gasteiger partial charge in [-0.15, -0.1) is 0 Å². The average Bonchev–Trinajstić information content (AvgIpc) is 2.83. The Bertz CT molecular complexity index is 1170. The van der Waals surface area contributed by atoms with Gasteiger partial charge in [-0.1, -0.05) is 24.8 Å². The van der Waals surface area contributed by atoms with Crippen molar-refractivity contribution in [3.8, 4) is 12.1 Å². The maximum atomic E-state index is 13.8. The molecule has 0 bridgehead atoms. The van der Waals surface area contributed by atoms with Gasteiger partial charge < -0.3 is 15.5 Å². The fraction of sp³-hybridized carbons (Fsp3) is 0.417. The molecular weight excluding hydrogens is 458 g/mol. The number of benzene rings is 1. The zero-order chi connectivity index (χ0) is 25.0. The molecule has 0 aliphatic carbocycles. The molecule has 1 aromatic heterocycles. The molecule has 178 valence electrons. The zero-order valence-electron chi connectivity index (χ0n) is 19.3. The van der Waals surface area contributed by atoms with Gasteiger partial charge in [0.25, 0.3) is 0 Å². The number of hydrogen-bond acceptors (Lipinski definition) is 7. The number of halogens is 2. The molecule has 1 atom stereocenters. The first-order valence-electron chi connectivity index (χ1n) is 10.9. The number of pyridine rings is 1. The largest absolute Gasteiger partial charge is 0.368 e. The Morgan fingerprint density at radius 2 is 1.88 bits per heavy atom. The summed E-state index contributed by atoms with van der Waals surface area (Å²) in [5, 5.41) is 19.0. The minimum atomic E-state index is -1.10. The van der Waals surface area contributed by atoms with Crippen LogP contribution in [-0.4, -0.2) is 49.0 Å². The molecule has 1 unspecified atom stereocenters. The maximum Gasteiger partial charge on any atom is 0.235 e. The van der Waals surface area contributed by atoms with Crippen molar-refractivity contribution in [3.05, 3.63) is 52.1 Å². The summed E-state index contributed by atoms with van der Waals surface area (Å²) >= 11 is 0.906. The van der Waals surface area contributed by atoms with E-state index in [1.807, 2.05) is 25.9 Å². The standard InChI is InChI=1S/C24H26F2N6OS/c1-4-16-17(12-27)23(32-9-7-15(8-10-32)31(2)3)30-24(18(16)13-28)34-21(22(29)33)14-5-6-19(25)20(26)11-14/h5-6,11,15,21H,4,7-10H2,1-3H3,(H2,29,33). The lowest BCUT2D eigenvalue weighted by atomic mass is 9.99. The van der Waals surface area contributed by atoms with Gasteiger partial charge in [-0.25, -0.2) is 13.8 Å². The predicted octanol–water partition coefficient (Wildman–Crippen LogP) is 3.51. The highest BCUT2D eigenvalue weighted by atomic mass is 32.2. The first-order valence-corrected chi connectivity index (χ1v) is 11.8. The number of carbonyl (C=O) groups is 1. The molecule has 2 aromatic rings. The smallest absolute Gasteiger partial charge is 0.235 e. The number of thioether (sulfide) groups is 1. The number of aromatic nitrogens is 1. The van der Waals surface area contributed by atoms with E-state index in [1.54, 1.807) is 0 Å². The lowest BCUT2D eigenvalue weighted by molar-refractivity contribution is -0.117. The van der Waals surface area contributed by atoms with Gasteiger partial charge in [-0.05, 0) is 56.6 Å². The number of hydrogen-bond donors (Lipinski definition) is 1. The Labute approximate surface area is 202 Å². The van der Waals surface area contributed by atoms with Gasteiger partial charge in [0.1, 0.15) is 28.2 Å². The van der Waals surface area contributed by atoms with Gasteiger partial charge in [0.05, 0.1) is 11.1 Å². The van der Waals surface area contributed by atoms with E-state index in [1.165, 1.54) is 6.07 Å². The summed E-state index contributed by atoms with van der Waals surface area (Å²) < 4.78 is 27.3. The Hall–Kier alpha value is -3.21. The third kappa shape index (κ3) is 5.14. The molecule has 1 aromatic carbocycles. The van der Waals surface area contributed by atoms with Crippen molar-refractivity contribution in [2.75, 3.05) is 32.1 Å². The first kappa shape index (κ1) is 25.4. The van der Waals surface area contributed by atoms with Crippen molar-refractivity contribution in [1.82, 2.24) is 9.88 Å². The zero-order valence-corrected chi connectivity index (χ0v) is 20.1. The number of amides is 1. The van der Waals surface area contributed by atoms with E-state index < -0.39 is 22.8 Å². The summed E-state index contributed by atoms with van der Waals surface area (Å²) in [7, 11) is 4.07. The number of piperidine rings is 1. The van der Waals surface area contributed by atoms with Crippen LogP contribution in [0.2, 0.25) is 0 Å². The molecule has 0 saturated carbocycles. The van der Waals surface area contributed by atoms with Crippen LogP contribution in [0.4, 0.5) is 14.6 Å². The molecule has 1 aliphatic heterocycles. The number of rotatable bonds is 7. The number of nitriles is 2. The molecule has 2 N–H and O–H groups in total. The summed E-state index contributed by atoms with van der Waals surface area (Å²) in [5.74, 6) is -2.46. The molecule has 1 saturated heterocycles. The second-order valence-electron chi connectivity index (χ2n) is 8.30. The summed E-state index contributed by atoms with van der Waals surface area (Å²) in [6.45, 7) is 3.21. The SMILES string of the molecule is CCc1c(C#N)c(SC(C(N)=O)c2ccc(F)c(F)c2)nc(N2CCC(N(C)C)CC2)c1C#N.